The van der Waals surface area contributed by atoms with Crippen LogP contribution in [0.1, 0.15) is 11.1 Å². The topological polar surface area (TPSA) is 150 Å². The van der Waals surface area contributed by atoms with Crippen LogP contribution in [0, 0.1) is 0 Å². The number of para-hydroxylation sites is 1. The van der Waals surface area contributed by atoms with Gasteiger partial charge >= 0.3 is 0 Å². The molecular formula is C40H32N4O5S. The molecule has 7 rings (SSSR count). The van der Waals surface area contributed by atoms with E-state index in [1.807, 2.05) is 78.9 Å². The van der Waals surface area contributed by atoms with Crippen molar-refractivity contribution in [3.05, 3.63) is 156 Å². The van der Waals surface area contributed by atoms with Gasteiger partial charge in [-0.05, 0) is 89.0 Å². The fourth-order valence-electron chi connectivity index (χ4n) is 6.18. The Balaban J connectivity index is 1.37. The highest BCUT2D eigenvalue weighted by atomic mass is 32.2. The Morgan fingerprint density at radius 2 is 1.42 bits per heavy atom. The van der Waals surface area contributed by atoms with E-state index in [1.165, 1.54) is 24.3 Å². The fourth-order valence-corrected chi connectivity index (χ4v) is 6.79. The molecule has 9 nitrogen and oxygen atoms in total. The van der Waals surface area contributed by atoms with Gasteiger partial charge in [-0.25, -0.2) is 4.99 Å². The van der Waals surface area contributed by atoms with Crippen LogP contribution in [-0.2, 0) is 17.2 Å². The van der Waals surface area contributed by atoms with Gasteiger partial charge in [-0.1, -0.05) is 72.8 Å². The largest absolute Gasteiger partial charge is 0.506 e. The van der Waals surface area contributed by atoms with Crippen LogP contribution >= 0.6 is 0 Å². The zero-order valence-electron chi connectivity index (χ0n) is 26.8. The van der Waals surface area contributed by atoms with Crippen LogP contribution in [0.2, 0.25) is 0 Å². The van der Waals surface area contributed by atoms with Crippen LogP contribution in [0.25, 0.3) is 27.7 Å². The summed E-state index contributed by atoms with van der Waals surface area (Å²) in [6.07, 6.45) is 7.96. The Hall–Kier alpha value is -6.36. The number of hydrogen-bond donors (Lipinski definition) is 5. The molecule has 0 spiro atoms. The Morgan fingerprint density at radius 3 is 2.12 bits per heavy atom. The predicted octanol–water partition coefficient (Wildman–Crippen LogP) is 8.53. The number of nitrogens with one attached hydrogen (secondary N) is 1. The zero-order chi connectivity index (χ0) is 35.0. The highest BCUT2D eigenvalue weighted by Crippen LogP contribution is 2.43. The standard InChI is InChI=1S/C40H32N4O5S/c1-44-34-10-6-5-9-32(34)39(40(44)27-7-3-2-4-8-27)38(25-11-15-28(16-12-25)42-30-19-21-35(45)33(41)23-30)26-13-17-29(18-14-26)43-31-20-22-36(46)37(24-31)50(47,48)49/h2-24,43,45-46H,41H2,1H3,(H,47,48,49). The number of rotatable bonds is 7. The number of aromatic hydroxyl groups is 2. The van der Waals surface area contributed by atoms with Crippen molar-refractivity contribution >= 4 is 55.1 Å². The molecule has 50 heavy (non-hydrogen) atoms. The van der Waals surface area contributed by atoms with Crippen LogP contribution < -0.4 is 11.1 Å². The van der Waals surface area contributed by atoms with Gasteiger partial charge in [-0.3, -0.25) is 4.55 Å². The summed E-state index contributed by atoms with van der Waals surface area (Å²) < 4.78 is 35.3. The van der Waals surface area contributed by atoms with Gasteiger partial charge in [0.25, 0.3) is 10.1 Å². The number of benzene rings is 5. The smallest absolute Gasteiger partial charge is 0.298 e. The first-order valence-electron chi connectivity index (χ1n) is 15.7. The van der Waals surface area contributed by atoms with E-state index in [2.05, 4.69) is 41.2 Å². The number of hydrogen-bond acceptors (Lipinski definition) is 7. The number of phenols is 2. The van der Waals surface area contributed by atoms with Gasteiger partial charge in [-0.2, -0.15) is 8.42 Å². The molecule has 0 amide bonds. The molecule has 1 heterocycles. The number of nitrogen functional groups attached to an aromatic ring is 1. The Labute approximate surface area is 289 Å². The second kappa shape index (κ2) is 12.9. The quantitative estimate of drug-likeness (QED) is 0.0491. The van der Waals surface area contributed by atoms with Gasteiger partial charge in [0.15, 0.2) is 0 Å². The summed E-state index contributed by atoms with van der Waals surface area (Å²) in [5.41, 5.74) is 15.7. The number of anilines is 3. The summed E-state index contributed by atoms with van der Waals surface area (Å²) in [6, 6.07) is 35.1. The number of aliphatic imine (C=N–C) groups is 1. The summed E-state index contributed by atoms with van der Waals surface area (Å²) in [7, 11) is -2.54. The molecular weight excluding hydrogens is 649 g/mol. The molecule has 0 saturated carbocycles. The van der Waals surface area contributed by atoms with Crippen molar-refractivity contribution in [2.24, 2.45) is 12.0 Å². The minimum Gasteiger partial charge on any atom is -0.506 e. The highest BCUT2D eigenvalue weighted by molar-refractivity contribution is 7.86. The number of allylic oxidation sites excluding steroid dienone is 5. The van der Waals surface area contributed by atoms with E-state index >= 15 is 0 Å². The second-order valence-corrected chi connectivity index (χ2v) is 13.2. The molecule has 1 aliphatic rings. The van der Waals surface area contributed by atoms with Crippen molar-refractivity contribution in [1.29, 1.82) is 0 Å². The first kappa shape index (κ1) is 32.2. The maximum atomic E-state index is 11.8. The SMILES string of the molecule is Cn1c(-c2ccccc2)c(C(=C2C=CC(=Nc3ccc(O)c(N)c3)C=C2)c2ccc(Nc3ccc(O)c(S(=O)(=O)O)c3)cc2)c2ccccc21. The fraction of sp³-hybridized carbons (Fsp3) is 0.0250. The number of aromatic nitrogens is 1. The average Bonchev–Trinajstić information content (AvgIpc) is 3.40. The van der Waals surface area contributed by atoms with E-state index in [1.54, 1.807) is 12.1 Å². The normalized spacial score (nSPS) is 12.8. The molecule has 6 N–H and O–H groups in total. The maximum absolute atomic E-state index is 11.8. The number of phenolic OH excluding ortho intramolecular Hbond substituents is 2. The lowest BCUT2D eigenvalue weighted by molar-refractivity contribution is 0.443. The average molecular weight is 681 g/mol. The van der Waals surface area contributed by atoms with Crippen molar-refractivity contribution in [3.8, 4) is 22.8 Å². The molecule has 248 valence electrons. The Bertz CT molecular complexity index is 2500. The van der Waals surface area contributed by atoms with Crippen molar-refractivity contribution in [2.45, 2.75) is 4.90 Å². The first-order chi connectivity index (χ1) is 24.1. The molecule has 0 fully saturated rings. The molecule has 1 aliphatic carbocycles. The van der Waals surface area contributed by atoms with Crippen molar-refractivity contribution in [2.75, 3.05) is 11.1 Å². The van der Waals surface area contributed by atoms with Gasteiger partial charge in [0.2, 0.25) is 0 Å². The minimum absolute atomic E-state index is 0.00925. The van der Waals surface area contributed by atoms with Crippen LogP contribution in [0.4, 0.5) is 22.7 Å². The summed E-state index contributed by atoms with van der Waals surface area (Å²) in [4.78, 5) is 4.12. The summed E-state index contributed by atoms with van der Waals surface area (Å²) in [5, 5.41) is 24.0. The third kappa shape index (κ3) is 6.28. The molecule has 0 bridgehead atoms. The van der Waals surface area contributed by atoms with E-state index in [0.29, 0.717) is 17.1 Å². The monoisotopic (exact) mass is 680 g/mol. The van der Waals surface area contributed by atoms with Crippen LogP contribution in [0.5, 0.6) is 11.5 Å². The predicted molar refractivity (Wildman–Crippen MR) is 200 cm³/mol. The molecule has 0 radical (unpaired) electrons. The van der Waals surface area contributed by atoms with Crippen molar-refractivity contribution in [3.63, 3.8) is 0 Å². The number of fused-ring (bicyclic) bond motifs is 1. The third-order valence-electron chi connectivity index (χ3n) is 8.53. The third-order valence-corrected chi connectivity index (χ3v) is 9.41. The maximum Gasteiger partial charge on any atom is 0.298 e. The molecule has 1 aromatic heterocycles. The van der Waals surface area contributed by atoms with Gasteiger partial charge in [0.05, 0.1) is 22.8 Å². The van der Waals surface area contributed by atoms with Crippen LogP contribution in [0.15, 0.2) is 155 Å². The molecule has 10 heteroatoms. The van der Waals surface area contributed by atoms with Gasteiger partial charge in [0.1, 0.15) is 16.4 Å². The van der Waals surface area contributed by atoms with Gasteiger partial charge < -0.3 is 25.8 Å². The Morgan fingerprint density at radius 1 is 0.760 bits per heavy atom. The van der Waals surface area contributed by atoms with E-state index < -0.39 is 20.8 Å². The van der Waals surface area contributed by atoms with Gasteiger partial charge in [0, 0.05) is 34.9 Å². The highest BCUT2D eigenvalue weighted by Gasteiger charge is 2.23. The number of nitrogens with zero attached hydrogens (tertiary/aromatic N) is 2. The molecule has 0 saturated heterocycles. The van der Waals surface area contributed by atoms with Crippen LogP contribution in [0.3, 0.4) is 0 Å². The first-order valence-corrected chi connectivity index (χ1v) is 17.1. The summed E-state index contributed by atoms with van der Waals surface area (Å²) >= 11 is 0. The van der Waals surface area contributed by atoms with Crippen molar-refractivity contribution < 1.29 is 23.2 Å². The van der Waals surface area contributed by atoms with E-state index in [-0.39, 0.29) is 11.4 Å². The van der Waals surface area contributed by atoms with Crippen molar-refractivity contribution in [1.82, 2.24) is 4.57 Å². The number of aryl methyl sites for hydroxylation is 1. The Kier molecular flexibility index (Phi) is 8.32. The molecule has 6 aromatic rings. The lowest BCUT2D eigenvalue weighted by Gasteiger charge is -2.17. The lowest BCUT2D eigenvalue weighted by Crippen LogP contribution is -2.01. The van der Waals surface area contributed by atoms with Crippen LogP contribution in [-0.4, -0.2) is 33.5 Å². The van der Waals surface area contributed by atoms with E-state index in [0.717, 1.165) is 50.1 Å². The molecule has 5 aromatic carbocycles. The number of nitrogens with two attached hydrogens (primary N) is 1. The molecule has 0 unspecified atom stereocenters. The second-order valence-electron chi connectivity index (χ2n) is 11.8. The molecule has 0 aliphatic heterocycles. The van der Waals surface area contributed by atoms with Gasteiger partial charge in [-0.15, -0.1) is 0 Å². The summed E-state index contributed by atoms with van der Waals surface area (Å²) in [6.45, 7) is 0. The lowest BCUT2D eigenvalue weighted by atomic mass is 9.87. The summed E-state index contributed by atoms with van der Waals surface area (Å²) in [5.74, 6) is -0.530. The van der Waals surface area contributed by atoms with E-state index in [9.17, 15) is 23.2 Å². The van der Waals surface area contributed by atoms with E-state index in [4.69, 9.17) is 10.7 Å². The minimum atomic E-state index is -4.61. The zero-order valence-corrected chi connectivity index (χ0v) is 27.6. The molecule has 0 atom stereocenters.